The Morgan fingerprint density at radius 3 is 3.09 bits per heavy atom. The number of hydrogen-bond acceptors (Lipinski definition) is 3. The van der Waals surface area contributed by atoms with Crippen LogP contribution in [0, 0.1) is 5.92 Å². The molecule has 64 valence electrons. The van der Waals surface area contributed by atoms with Crippen molar-refractivity contribution in [2.24, 2.45) is 5.92 Å². The van der Waals surface area contributed by atoms with Crippen LogP contribution in [-0.2, 0) is 4.74 Å². The van der Waals surface area contributed by atoms with Crippen molar-refractivity contribution in [3.63, 3.8) is 0 Å². The molecular weight excluding hydrogens is 166 g/mol. The van der Waals surface area contributed by atoms with Crippen LogP contribution < -0.4 is 5.32 Å². The summed E-state index contributed by atoms with van der Waals surface area (Å²) in [4.78, 5) is 10.2. The maximum absolute atomic E-state index is 10.2. The Morgan fingerprint density at radius 2 is 2.55 bits per heavy atom. The first-order valence-corrected chi connectivity index (χ1v) is 4.20. The highest BCUT2D eigenvalue weighted by Gasteiger charge is 2.13. The highest BCUT2D eigenvalue weighted by molar-refractivity contribution is 6.61. The van der Waals surface area contributed by atoms with Gasteiger partial charge in [-0.1, -0.05) is 0 Å². The normalized spacial score (nSPS) is 24.6. The molecule has 0 aliphatic carbocycles. The van der Waals surface area contributed by atoms with Crippen LogP contribution >= 0.6 is 11.6 Å². The minimum Gasteiger partial charge on any atom is -0.453 e. The Kier molecular flexibility index (Phi) is 3.66. The van der Waals surface area contributed by atoms with Crippen molar-refractivity contribution in [2.45, 2.75) is 12.8 Å². The Labute approximate surface area is 71.1 Å². The minimum atomic E-state index is -0.699. The third-order valence-electron chi connectivity index (χ3n) is 1.83. The summed E-state index contributed by atoms with van der Waals surface area (Å²) in [6, 6.07) is 0. The molecule has 1 rings (SSSR count). The van der Waals surface area contributed by atoms with Gasteiger partial charge in [-0.2, -0.15) is 0 Å². The van der Waals surface area contributed by atoms with E-state index in [0.717, 1.165) is 25.9 Å². The Bertz CT molecular complexity index is 134. The van der Waals surface area contributed by atoms with Gasteiger partial charge in [0, 0.05) is 24.1 Å². The number of carbonyl (C=O) groups is 1. The second-order valence-corrected chi connectivity index (χ2v) is 3.07. The van der Waals surface area contributed by atoms with Gasteiger partial charge in [0.1, 0.15) is 0 Å². The van der Waals surface area contributed by atoms with Gasteiger partial charge in [-0.25, -0.2) is 4.79 Å². The van der Waals surface area contributed by atoms with Crippen LogP contribution in [0.1, 0.15) is 12.8 Å². The highest BCUT2D eigenvalue weighted by atomic mass is 35.5. The first kappa shape index (κ1) is 8.81. The zero-order valence-corrected chi connectivity index (χ0v) is 7.06. The number of nitrogens with one attached hydrogen (secondary N) is 1. The minimum absolute atomic E-state index is 0.450. The molecule has 0 aromatic heterocycles. The summed E-state index contributed by atoms with van der Waals surface area (Å²) in [5.74, 6) is 0.450. The molecule has 1 heterocycles. The second kappa shape index (κ2) is 4.57. The van der Waals surface area contributed by atoms with E-state index in [1.54, 1.807) is 0 Å². The number of ether oxygens (including phenoxy) is 1. The van der Waals surface area contributed by atoms with Crippen molar-refractivity contribution in [2.75, 3.05) is 19.7 Å². The van der Waals surface area contributed by atoms with Crippen LogP contribution in [0.15, 0.2) is 0 Å². The third-order valence-corrected chi connectivity index (χ3v) is 1.94. The molecule has 0 aromatic rings. The lowest BCUT2D eigenvalue weighted by atomic mass is 10.0. The molecule has 1 aliphatic heterocycles. The molecule has 4 heteroatoms. The zero-order chi connectivity index (χ0) is 8.10. The first-order valence-electron chi connectivity index (χ1n) is 3.82. The maximum Gasteiger partial charge on any atom is 0.403 e. The van der Waals surface area contributed by atoms with Gasteiger partial charge >= 0.3 is 5.43 Å². The van der Waals surface area contributed by atoms with Crippen LogP contribution in [0.4, 0.5) is 4.79 Å². The fraction of sp³-hybridized carbons (Fsp3) is 0.857. The van der Waals surface area contributed by atoms with Crippen molar-refractivity contribution >= 4 is 17.0 Å². The van der Waals surface area contributed by atoms with Gasteiger partial charge in [0.25, 0.3) is 0 Å². The van der Waals surface area contributed by atoms with E-state index in [4.69, 9.17) is 11.6 Å². The van der Waals surface area contributed by atoms with E-state index < -0.39 is 5.43 Å². The van der Waals surface area contributed by atoms with Crippen LogP contribution in [0.3, 0.4) is 0 Å². The fourth-order valence-electron chi connectivity index (χ4n) is 1.25. The molecule has 1 saturated heterocycles. The first-order chi connectivity index (χ1) is 5.29. The van der Waals surface area contributed by atoms with Gasteiger partial charge in [0.2, 0.25) is 0 Å². The molecule has 0 amide bonds. The summed E-state index contributed by atoms with van der Waals surface area (Å²) in [5, 5.41) is 3.22. The van der Waals surface area contributed by atoms with Gasteiger partial charge < -0.3 is 10.1 Å². The van der Waals surface area contributed by atoms with E-state index in [0.29, 0.717) is 12.5 Å². The fourth-order valence-corrected chi connectivity index (χ4v) is 1.31. The maximum atomic E-state index is 10.2. The number of halogens is 1. The molecule has 1 fully saturated rings. The lowest BCUT2D eigenvalue weighted by Gasteiger charge is -2.21. The number of rotatable bonds is 2. The van der Waals surface area contributed by atoms with Gasteiger partial charge in [0.15, 0.2) is 0 Å². The van der Waals surface area contributed by atoms with Gasteiger partial charge in [-0.05, 0) is 19.4 Å². The van der Waals surface area contributed by atoms with Gasteiger partial charge in [-0.15, -0.1) is 0 Å². The molecule has 0 radical (unpaired) electrons. The Balaban J connectivity index is 2.09. The summed E-state index contributed by atoms with van der Waals surface area (Å²) in [6.07, 6.45) is 2.28. The monoisotopic (exact) mass is 177 g/mol. The van der Waals surface area contributed by atoms with Crippen molar-refractivity contribution < 1.29 is 9.53 Å². The van der Waals surface area contributed by atoms with E-state index in [1.807, 2.05) is 0 Å². The van der Waals surface area contributed by atoms with Crippen molar-refractivity contribution in [3.05, 3.63) is 0 Å². The summed E-state index contributed by atoms with van der Waals surface area (Å²) < 4.78 is 4.67. The van der Waals surface area contributed by atoms with Crippen molar-refractivity contribution in [1.82, 2.24) is 5.32 Å². The van der Waals surface area contributed by atoms with E-state index in [-0.39, 0.29) is 0 Å². The van der Waals surface area contributed by atoms with Crippen molar-refractivity contribution in [1.29, 1.82) is 0 Å². The van der Waals surface area contributed by atoms with Crippen molar-refractivity contribution in [3.8, 4) is 0 Å². The van der Waals surface area contributed by atoms with E-state index in [1.165, 1.54) is 0 Å². The second-order valence-electron chi connectivity index (χ2n) is 2.76. The van der Waals surface area contributed by atoms with Crippen LogP contribution in [0.2, 0.25) is 0 Å². The number of hydrogen-bond donors (Lipinski definition) is 1. The lowest BCUT2D eigenvalue weighted by Crippen LogP contribution is -2.32. The molecular formula is C7H12ClNO2. The molecule has 0 saturated carbocycles. The molecule has 3 nitrogen and oxygen atoms in total. The summed E-state index contributed by atoms with van der Waals surface area (Å²) in [7, 11) is 0. The molecule has 1 N–H and O–H groups in total. The smallest absolute Gasteiger partial charge is 0.403 e. The third kappa shape index (κ3) is 3.58. The highest BCUT2D eigenvalue weighted by Crippen LogP contribution is 2.10. The lowest BCUT2D eigenvalue weighted by molar-refractivity contribution is 0.142. The molecule has 0 aromatic carbocycles. The van der Waals surface area contributed by atoms with E-state index in [2.05, 4.69) is 10.1 Å². The molecule has 1 aliphatic rings. The van der Waals surface area contributed by atoms with Crippen LogP contribution in [-0.4, -0.2) is 25.1 Å². The number of carbonyl (C=O) groups excluding carboxylic acids is 1. The summed E-state index contributed by atoms with van der Waals surface area (Å²) in [6.45, 7) is 2.46. The van der Waals surface area contributed by atoms with Gasteiger partial charge in [0.05, 0.1) is 6.61 Å². The topological polar surface area (TPSA) is 38.3 Å². The summed E-state index contributed by atoms with van der Waals surface area (Å²) >= 11 is 5.02. The standard InChI is InChI=1S/C7H12ClNO2/c8-7(10)11-5-6-2-1-3-9-4-6/h6,9H,1-5H2. The SMILES string of the molecule is O=C(Cl)OCC1CCCNC1. The van der Waals surface area contributed by atoms with E-state index >= 15 is 0 Å². The summed E-state index contributed by atoms with van der Waals surface area (Å²) in [5.41, 5.74) is -0.699. The average Bonchev–Trinajstić information content (AvgIpc) is 2.03. The van der Waals surface area contributed by atoms with E-state index in [9.17, 15) is 4.79 Å². The average molecular weight is 178 g/mol. The van der Waals surface area contributed by atoms with Crippen LogP contribution in [0.5, 0.6) is 0 Å². The predicted octanol–water partition coefficient (Wildman–Crippen LogP) is 1.36. The molecule has 1 atom stereocenters. The molecule has 1 unspecified atom stereocenters. The quantitative estimate of drug-likeness (QED) is 0.648. The Morgan fingerprint density at radius 1 is 1.73 bits per heavy atom. The molecule has 0 spiro atoms. The zero-order valence-electron chi connectivity index (χ0n) is 6.31. The number of piperidine rings is 1. The predicted molar refractivity (Wildman–Crippen MR) is 42.8 cm³/mol. The van der Waals surface area contributed by atoms with Crippen LogP contribution in [0.25, 0.3) is 0 Å². The molecule has 0 bridgehead atoms. The Hall–Kier alpha value is -0.280. The largest absolute Gasteiger partial charge is 0.453 e. The molecule has 11 heavy (non-hydrogen) atoms. The van der Waals surface area contributed by atoms with Gasteiger partial charge in [-0.3, -0.25) is 0 Å².